The maximum Gasteiger partial charge on any atom is 0.226 e. The first-order valence-corrected chi connectivity index (χ1v) is 12.1. The molecule has 2 amide bonds. The van der Waals surface area contributed by atoms with Crippen LogP contribution in [0, 0.1) is 16.7 Å². The number of hydrogen-bond donors (Lipinski definition) is 4. The molecule has 168 valence electrons. The summed E-state index contributed by atoms with van der Waals surface area (Å²) in [6, 6.07) is 0. The zero-order valence-corrected chi connectivity index (χ0v) is 19.5. The van der Waals surface area contributed by atoms with Crippen molar-refractivity contribution >= 4 is 44.8 Å². The number of amides is 2. The van der Waals surface area contributed by atoms with E-state index in [1.165, 1.54) is 29.6 Å². The summed E-state index contributed by atoms with van der Waals surface area (Å²) >= 11 is 2.78. The van der Waals surface area contributed by atoms with Crippen molar-refractivity contribution in [1.82, 2.24) is 9.97 Å². The molecule has 2 aliphatic carbocycles. The highest BCUT2D eigenvalue weighted by Crippen LogP contribution is 2.62. The molecule has 10 heteroatoms. The van der Waals surface area contributed by atoms with Crippen molar-refractivity contribution in [2.75, 3.05) is 17.2 Å². The quantitative estimate of drug-likeness (QED) is 0.539. The summed E-state index contributed by atoms with van der Waals surface area (Å²) in [6.45, 7) is 5.41. The zero-order valence-electron chi connectivity index (χ0n) is 17.8. The molecule has 0 radical (unpaired) electrons. The predicted octanol–water partition coefficient (Wildman–Crippen LogP) is 3.00. The number of nitrogens with one attached hydrogen (secondary N) is 2. The van der Waals surface area contributed by atoms with E-state index in [2.05, 4.69) is 22.5 Å². The first kappa shape index (κ1) is 22.3. The lowest BCUT2D eigenvalue weighted by Gasteiger charge is -2.58. The number of carbonyl (C=O) groups is 2. The number of hydrogen-bond acceptors (Lipinski definition) is 8. The Morgan fingerprint density at radius 2 is 2.06 bits per heavy atom. The molecule has 0 aromatic carbocycles. The minimum Gasteiger partial charge on any atom is -0.396 e. The normalized spacial score (nSPS) is 32.1. The zero-order chi connectivity index (χ0) is 22.4. The number of aromatic nitrogens is 2. The summed E-state index contributed by atoms with van der Waals surface area (Å²) in [6.07, 6.45) is 3.21. The Morgan fingerprint density at radius 1 is 1.29 bits per heavy atom. The first-order chi connectivity index (χ1) is 14.7. The highest BCUT2D eigenvalue weighted by molar-refractivity contribution is 7.16. The smallest absolute Gasteiger partial charge is 0.226 e. The van der Waals surface area contributed by atoms with Gasteiger partial charge in [-0.15, -0.1) is 22.7 Å². The molecule has 1 fully saturated rings. The van der Waals surface area contributed by atoms with Gasteiger partial charge in [0.2, 0.25) is 11.8 Å². The Balaban J connectivity index is 1.73. The van der Waals surface area contributed by atoms with Gasteiger partial charge >= 0.3 is 0 Å². The Labute approximate surface area is 189 Å². The molecule has 4 rings (SSSR count). The van der Waals surface area contributed by atoms with Gasteiger partial charge in [0.1, 0.15) is 0 Å². The van der Waals surface area contributed by atoms with Gasteiger partial charge in [0.15, 0.2) is 10.3 Å². The molecule has 0 saturated heterocycles. The van der Waals surface area contributed by atoms with Crippen LogP contribution in [0.2, 0.25) is 0 Å². The van der Waals surface area contributed by atoms with Gasteiger partial charge in [-0.3, -0.25) is 9.59 Å². The number of rotatable bonds is 5. The van der Waals surface area contributed by atoms with Crippen LogP contribution in [0.4, 0.5) is 10.3 Å². The number of thiazole rings is 2. The molecule has 2 aromatic heterocycles. The van der Waals surface area contributed by atoms with Crippen molar-refractivity contribution in [3.05, 3.63) is 22.1 Å². The van der Waals surface area contributed by atoms with Crippen LogP contribution < -0.4 is 10.6 Å². The molecular weight excluding hydrogens is 436 g/mol. The van der Waals surface area contributed by atoms with E-state index >= 15 is 0 Å². The minimum atomic E-state index is -0.674. The fraction of sp³-hybridized carbons (Fsp3) is 0.619. The maximum atomic E-state index is 12.9. The molecule has 4 N–H and O–H groups in total. The summed E-state index contributed by atoms with van der Waals surface area (Å²) < 4.78 is 0. The molecule has 0 spiro atoms. The van der Waals surface area contributed by atoms with E-state index < -0.39 is 11.5 Å². The Bertz CT molecular complexity index is 978. The first-order valence-electron chi connectivity index (χ1n) is 10.4. The number of nitrogens with zero attached hydrogens (tertiary/aromatic N) is 2. The average molecular weight is 465 g/mol. The van der Waals surface area contributed by atoms with E-state index in [9.17, 15) is 19.8 Å². The van der Waals surface area contributed by atoms with E-state index in [0.717, 1.165) is 17.0 Å². The predicted molar refractivity (Wildman–Crippen MR) is 120 cm³/mol. The van der Waals surface area contributed by atoms with Crippen molar-refractivity contribution in [2.24, 2.45) is 16.7 Å². The molecule has 0 aliphatic heterocycles. The largest absolute Gasteiger partial charge is 0.396 e. The highest BCUT2D eigenvalue weighted by atomic mass is 32.1. The van der Waals surface area contributed by atoms with Gasteiger partial charge in [0.05, 0.1) is 18.4 Å². The van der Waals surface area contributed by atoms with Crippen molar-refractivity contribution in [3.63, 3.8) is 0 Å². The molecule has 31 heavy (non-hydrogen) atoms. The van der Waals surface area contributed by atoms with Crippen LogP contribution >= 0.6 is 22.7 Å². The number of fused-ring (bicyclic) bond motifs is 2. The Morgan fingerprint density at radius 3 is 2.71 bits per heavy atom. The van der Waals surface area contributed by atoms with Crippen molar-refractivity contribution in [3.8, 4) is 0 Å². The van der Waals surface area contributed by atoms with Gasteiger partial charge in [0, 0.05) is 41.1 Å². The van der Waals surface area contributed by atoms with Crippen LogP contribution in [-0.2, 0) is 16.0 Å². The lowest BCUT2D eigenvalue weighted by Crippen LogP contribution is -2.57. The second kappa shape index (κ2) is 8.23. The minimum absolute atomic E-state index is 0.0236. The van der Waals surface area contributed by atoms with Crippen LogP contribution in [0.1, 0.15) is 56.5 Å². The highest BCUT2D eigenvalue weighted by Gasteiger charge is 2.59. The Hall–Kier alpha value is -1.88. The third-order valence-corrected chi connectivity index (χ3v) is 8.94. The molecule has 2 heterocycles. The second-order valence-electron chi connectivity index (χ2n) is 9.13. The number of carbonyl (C=O) groups excluding carboxylic acids is 2. The molecular formula is C21H28N4O4S2. The molecule has 0 bridgehead atoms. The van der Waals surface area contributed by atoms with Gasteiger partial charge in [-0.25, -0.2) is 9.97 Å². The van der Waals surface area contributed by atoms with Gasteiger partial charge < -0.3 is 20.8 Å². The molecule has 2 aromatic rings. The van der Waals surface area contributed by atoms with Crippen molar-refractivity contribution < 1.29 is 19.8 Å². The molecule has 0 unspecified atom stereocenters. The van der Waals surface area contributed by atoms with Crippen LogP contribution in [-0.4, -0.2) is 44.7 Å². The summed E-state index contributed by atoms with van der Waals surface area (Å²) in [7, 11) is 0. The van der Waals surface area contributed by atoms with Crippen LogP contribution in [0.25, 0.3) is 0 Å². The van der Waals surface area contributed by atoms with Gasteiger partial charge in [-0.2, -0.15) is 0 Å². The number of aliphatic hydroxyl groups is 2. The molecule has 2 aliphatic rings. The molecule has 8 nitrogen and oxygen atoms in total. The fourth-order valence-corrected chi connectivity index (χ4v) is 7.15. The summed E-state index contributed by atoms with van der Waals surface area (Å²) in [4.78, 5) is 34.4. The third-order valence-electron chi connectivity index (χ3n) is 7.24. The van der Waals surface area contributed by atoms with E-state index in [-0.39, 0.29) is 42.1 Å². The van der Waals surface area contributed by atoms with Gasteiger partial charge in [-0.1, -0.05) is 13.8 Å². The third kappa shape index (κ3) is 3.90. The van der Waals surface area contributed by atoms with E-state index in [0.29, 0.717) is 23.1 Å². The van der Waals surface area contributed by atoms with Crippen LogP contribution in [0.3, 0.4) is 0 Å². The SMILES string of the molecule is CC(=O)Nc1nc2c(s1)C[C@H]1[C@](C)(CO)[C@H](O)CC[C@@]1(C)[C@@H]2CC(=O)Nc1nccs1. The van der Waals surface area contributed by atoms with Gasteiger partial charge in [-0.05, 0) is 30.6 Å². The standard InChI is InChI=1S/C21H28N4O4S2/c1-11(27)23-19-25-17-12(8-16(29)24-18-22-6-7-30-18)20(2)5-4-15(28)21(3,10-26)14(20)9-13(17)31-19/h6-7,12,14-15,26,28H,4-5,8-10H2,1-3H3,(H,22,24,29)(H,23,25,27)/t12-,14-,15-,20+,21+/m1/s1. The van der Waals surface area contributed by atoms with E-state index in [1.54, 1.807) is 11.6 Å². The van der Waals surface area contributed by atoms with Crippen LogP contribution in [0.5, 0.6) is 0 Å². The van der Waals surface area contributed by atoms with E-state index in [4.69, 9.17) is 4.98 Å². The topological polar surface area (TPSA) is 124 Å². The molecule has 5 atom stereocenters. The maximum absolute atomic E-state index is 12.9. The van der Waals surface area contributed by atoms with E-state index in [1.807, 2.05) is 6.92 Å². The number of aliphatic hydroxyl groups excluding tert-OH is 2. The Kier molecular flexibility index (Phi) is 5.93. The lowest BCUT2D eigenvalue weighted by atomic mass is 9.47. The second-order valence-corrected chi connectivity index (χ2v) is 11.1. The van der Waals surface area contributed by atoms with Gasteiger partial charge in [0.25, 0.3) is 0 Å². The van der Waals surface area contributed by atoms with Crippen molar-refractivity contribution in [1.29, 1.82) is 0 Å². The number of anilines is 2. The van der Waals surface area contributed by atoms with Crippen molar-refractivity contribution in [2.45, 2.75) is 58.5 Å². The lowest BCUT2D eigenvalue weighted by molar-refractivity contribution is -0.143. The van der Waals surface area contributed by atoms with Crippen LogP contribution in [0.15, 0.2) is 11.6 Å². The average Bonchev–Trinajstić information content (AvgIpc) is 3.35. The monoisotopic (exact) mass is 464 g/mol. The summed E-state index contributed by atoms with van der Waals surface area (Å²) in [5, 5.41) is 29.6. The fourth-order valence-electron chi connectivity index (χ4n) is 5.49. The molecule has 1 saturated carbocycles. The summed E-state index contributed by atoms with van der Waals surface area (Å²) in [5.74, 6) is -0.551. The summed E-state index contributed by atoms with van der Waals surface area (Å²) in [5.41, 5.74) is -0.156.